The van der Waals surface area contributed by atoms with Gasteiger partial charge in [-0.15, -0.1) is 0 Å². The van der Waals surface area contributed by atoms with E-state index in [1.165, 1.54) is 0 Å². The third kappa shape index (κ3) is 4.23. The molecule has 0 aliphatic heterocycles. The van der Waals surface area contributed by atoms with E-state index in [0.29, 0.717) is 6.54 Å². The third-order valence-electron chi connectivity index (χ3n) is 2.99. The molecule has 0 aromatic carbocycles. The van der Waals surface area contributed by atoms with Gasteiger partial charge in [0.2, 0.25) is 5.95 Å². The molecule has 1 aromatic rings. The number of hydrogen-bond acceptors (Lipinski definition) is 5. The summed E-state index contributed by atoms with van der Waals surface area (Å²) in [4.78, 5) is 13.3. The Morgan fingerprint density at radius 3 is 2.50 bits per heavy atom. The van der Waals surface area contributed by atoms with Crippen LogP contribution in [0.15, 0.2) is 6.20 Å². The van der Waals surface area contributed by atoms with Crippen LogP contribution in [0.25, 0.3) is 0 Å². The van der Waals surface area contributed by atoms with Gasteiger partial charge in [-0.1, -0.05) is 0 Å². The number of hydrogen-bond donors (Lipinski definition) is 1. The Hall–Kier alpha value is -1.20. The first-order valence-corrected chi connectivity index (χ1v) is 6.50. The SMILES string of the molecule is CCN(CCCN(C)C)c1ncc(CN)c(C)n1. The molecule has 5 nitrogen and oxygen atoms in total. The van der Waals surface area contributed by atoms with E-state index in [0.717, 1.165) is 43.3 Å². The minimum atomic E-state index is 0.499. The lowest BCUT2D eigenvalue weighted by atomic mass is 10.2. The Bertz CT molecular complexity index is 364. The Kier molecular flexibility index (Phi) is 6.01. The van der Waals surface area contributed by atoms with Crippen molar-refractivity contribution >= 4 is 5.95 Å². The summed E-state index contributed by atoms with van der Waals surface area (Å²) >= 11 is 0. The molecule has 0 amide bonds. The van der Waals surface area contributed by atoms with Crippen LogP contribution >= 0.6 is 0 Å². The van der Waals surface area contributed by atoms with Crippen LogP contribution in [0.5, 0.6) is 0 Å². The van der Waals surface area contributed by atoms with Crippen molar-refractivity contribution in [2.45, 2.75) is 26.8 Å². The quantitative estimate of drug-likeness (QED) is 0.784. The van der Waals surface area contributed by atoms with Crippen LogP contribution in [0.4, 0.5) is 5.95 Å². The van der Waals surface area contributed by atoms with E-state index in [-0.39, 0.29) is 0 Å². The lowest BCUT2D eigenvalue weighted by molar-refractivity contribution is 0.400. The first kappa shape index (κ1) is 14.9. The molecule has 1 rings (SSSR count). The average Bonchev–Trinajstić information content (AvgIpc) is 2.34. The standard InChI is InChI=1S/C13H25N5/c1-5-18(8-6-7-17(3)4)13-15-10-12(9-14)11(2)16-13/h10H,5-9,14H2,1-4H3. The molecule has 0 radical (unpaired) electrons. The lowest BCUT2D eigenvalue weighted by Gasteiger charge is -2.22. The van der Waals surface area contributed by atoms with Crippen molar-refractivity contribution in [1.82, 2.24) is 14.9 Å². The fourth-order valence-electron chi connectivity index (χ4n) is 1.81. The summed E-state index contributed by atoms with van der Waals surface area (Å²) in [5.41, 5.74) is 7.62. The minimum absolute atomic E-state index is 0.499. The van der Waals surface area contributed by atoms with Gasteiger partial charge in [-0.2, -0.15) is 0 Å². The molecule has 102 valence electrons. The van der Waals surface area contributed by atoms with Crippen molar-refractivity contribution in [2.75, 3.05) is 38.6 Å². The number of aryl methyl sites for hydroxylation is 1. The highest BCUT2D eigenvalue weighted by atomic mass is 15.2. The van der Waals surface area contributed by atoms with E-state index in [4.69, 9.17) is 5.73 Å². The van der Waals surface area contributed by atoms with Gasteiger partial charge in [0.1, 0.15) is 0 Å². The molecule has 2 N–H and O–H groups in total. The summed E-state index contributed by atoms with van der Waals surface area (Å²) < 4.78 is 0. The van der Waals surface area contributed by atoms with E-state index < -0.39 is 0 Å². The summed E-state index contributed by atoms with van der Waals surface area (Å²) in [5.74, 6) is 0.811. The van der Waals surface area contributed by atoms with Gasteiger partial charge >= 0.3 is 0 Å². The van der Waals surface area contributed by atoms with Crippen LogP contribution in [-0.2, 0) is 6.54 Å². The fourth-order valence-corrected chi connectivity index (χ4v) is 1.81. The number of anilines is 1. The predicted octanol–water partition coefficient (Wildman–Crippen LogP) is 1.02. The molecule has 0 aliphatic carbocycles. The molecule has 0 saturated carbocycles. The summed E-state index contributed by atoms with van der Waals surface area (Å²) in [7, 11) is 4.18. The van der Waals surface area contributed by atoms with E-state index in [9.17, 15) is 0 Å². The molecule has 0 bridgehead atoms. The van der Waals surface area contributed by atoms with Gasteiger partial charge in [-0.25, -0.2) is 9.97 Å². The second kappa shape index (κ2) is 7.28. The van der Waals surface area contributed by atoms with Gasteiger partial charge in [0.15, 0.2) is 0 Å². The van der Waals surface area contributed by atoms with Crippen LogP contribution < -0.4 is 10.6 Å². The molecule has 0 atom stereocenters. The first-order chi connectivity index (χ1) is 8.58. The molecule has 18 heavy (non-hydrogen) atoms. The maximum absolute atomic E-state index is 5.62. The van der Waals surface area contributed by atoms with Gasteiger partial charge in [0, 0.05) is 37.1 Å². The van der Waals surface area contributed by atoms with Gasteiger partial charge in [-0.05, 0) is 40.9 Å². The molecule has 0 unspecified atom stereocenters. The van der Waals surface area contributed by atoms with Gasteiger partial charge in [0.05, 0.1) is 0 Å². The fraction of sp³-hybridized carbons (Fsp3) is 0.692. The van der Waals surface area contributed by atoms with Crippen LogP contribution in [0.1, 0.15) is 24.6 Å². The average molecular weight is 251 g/mol. The first-order valence-electron chi connectivity index (χ1n) is 6.50. The maximum Gasteiger partial charge on any atom is 0.225 e. The molecule has 0 fully saturated rings. The van der Waals surface area contributed by atoms with E-state index in [1.807, 2.05) is 13.1 Å². The van der Waals surface area contributed by atoms with Crippen molar-refractivity contribution in [3.05, 3.63) is 17.5 Å². The highest BCUT2D eigenvalue weighted by molar-refractivity contribution is 5.32. The molecule has 5 heteroatoms. The normalized spacial score (nSPS) is 11.0. The maximum atomic E-state index is 5.62. The summed E-state index contributed by atoms with van der Waals surface area (Å²) in [5, 5.41) is 0. The van der Waals surface area contributed by atoms with Crippen LogP contribution in [0.2, 0.25) is 0 Å². The minimum Gasteiger partial charge on any atom is -0.341 e. The number of nitrogens with zero attached hydrogens (tertiary/aromatic N) is 4. The number of rotatable bonds is 7. The Labute approximate surface area is 110 Å². The van der Waals surface area contributed by atoms with Gasteiger partial charge < -0.3 is 15.5 Å². The molecule has 0 aliphatic rings. The van der Waals surface area contributed by atoms with Crippen LogP contribution in [0, 0.1) is 6.92 Å². The van der Waals surface area contributed by atoms with Gasteiger partial charge in [0.25, 0.3) is 0 Å². The summed E-state index contributed by atoms with van der Waals surface area (Å²) in [6.07, 6.45) is 2.95. The van der Waals surface area contributed by atoms with E-state index >= 15 is 0 Å². The van der Waals surface area contributed by atoms with Crippen molar-refractivity contribution in [2.24, 2.45) is 5.73 Å². The molecular formula is C13H25N5. The highest BCUT2D eigenvalue weighted by Crippen LogP contribution is 2.11. The third-order valence-corrected chi connectivity index (χ3v) is 2.99. The van der Waals surface area contributed by atoms with Gasteiger partial charge in [-0.3, -0.25) is 0 Å². The molecule has 0 saturated heterocycles. The molecular weight excluding hydrogens is 226 g/mol. The zero-order valence-corrected chi connectivity index (χ0v) is 12.0. The van der Waals surface area contributed by atoms with Crippen LogP contribution in [-0.4, -0.2) is 48.6 Å². The summed E-state index contributed by atoms with van der Waals surface area (Å²) in [6, 6.07) is 0. The second-order valence-electron chi connectivity index (χ2n) is 4.72. The Balaban J connectivity index is 2.67. The Morgan fingerprint density at radius 2 is 2.00 bits per heavy atom. The molecule has 1 heterocycles. The van der Waals surface area contributed by atoms with Crippen molar-refractivity contribution in [1.29, 1.82) is 0 Å². The van der Waals surface area contributed by atoms with E-state index in [2.05, 4.69) is 40.8 Å². The van der Waals surface area contributed by atoms with Crippen molar-refractivity contribution in [3.8, 4) is 0 Å². The monoisotopic (exact) mass is 251 g/mol. The smallest absolute Gasteiger partial charge is 0.225 e. The van der Waals surface area contributed by atoms with Crippen molar-refractivity contribution < 1.29 is 0 Å². The molecule has 1 aromatic heterocycles. The second-order valence-corrected chi connectivity index (χ2v) is 4.72. The Morgan fingerprint density at radius 1 is 1.28 bits per heavy atom. The number of nitrogens with two attached hydrogens (primary N) is 1. The van der Waals surface area contributed by atoms with E-state index in [1.54, 1.807) is 0 Å². The largest absolute Gasteiger partial charge is 0.341 e. The molecule has 0 spiro atoms. The van der Waals surface area contributed by atoms with Crippen molar-refractivity contribution in [3.63, 3.8) is 0 Å². The zero-order valence-electron chi connectivity index (χ0n) is 12.0. The highest BCUT2D eigenvalue weighted by Gasteiger charge is 2.09. The van der Waals surface area contributed by atoms with Crippen LogP contribution in [0.3, 0.4) is 0 Å². The lowest BCUT2D eigenvalue weighted by Crippen LogP contribution is -2.29. The summed E-state index contributed by atoms with van der Waals surface area (Å²) in [6.45, 7) is 7.60. The number of aromatic nitrogens is 2. The zero-order chi connectivity index (χ0) is 13.5. The topological polar surface area (TPSA) is 58.3 Å². The predicted molar refractivity (Wildman–Crippen MR) is 75.7 cm³/mol.